The zero-order chi connectivity index (χ0) is 15.5. The lowest BCUT2D eigenvalue weighted by atomic mass is 10.1. The van der Waals surface area contributed by atoms with Crippen LogP contribution in [-0.4, -0.2) is 14.1 Å². The summed E-state index contributed by atoms with van der Waals surface area (Å²) in [5.41, 5.74) is 3.64. The number of rotatable bonds is 3. The highest BCUT2D eigenvalue weighted by Gasteiger charge is 2.08. The van der Waals surface area contributed by atoms with Crippen molar-refractivity contribution in [2.75, 3.05) is 19.0 Å². The molecule has 23 heavy (non-hydrogen) atoms. The third kappa shape index (κ3) is 3.91. The molecule has 1 aromatic heterocycles. The number of benzene rings is 2. The van der Waals surface area contributed by atoms with E-state index in [2.05, 4.69) is 104 Å². The molecule has 0 radical (unpaired) electrons. The van der Waals surface area contributed by atoms with E-state index in [-0.39, 0.29) is 24.0 Å². The van der Waals surface area contributed by atoms with Gasteiger partial charge in [0.15, 0.2) is 6.20 Å². The summed E-state index contributed by atoms with van der Waals surface area (Å²) in [7, 11) is 6.20. The summed E-state index contributed by atoms with van der Waals surface area (Å²) >= 11 is 0. The number of fused-ring (bicyclic) bond motifs is 1. The second-order valence-corrected chi connectivity index (χ2v) is 5.72. The highest BCUT2D eigenvalue weighted by Crippen LogP contribution is 2.18. The minimum Gasteiger partial charge on any atom is -1.00 e. The van der Waals surface area contributed by atoms with Gasteiger partial charge >= 0.3 is 0 Å². The van der Waals surface area contributed by atoms with Crippen LogP contribution in [0.3, 0.4) is 0 Å². The molecule has 0 spiro atoms. The Bertz CT molecular complexity index is 821. The van der Waals surface area contributed by atoms with Gasteiger partial charge in [0, 0.05) is 31.9 Å². The first kappa shape index (κ1) is 17.5. The van der Waals surface area contributed by atoms with Crippen LogP contribution in [0.4, 0.5) is 5.69 Å². The van der Waals surface area contributed by atoms with E-state index in [1.54, 1.807) is 0 Å². The summed E-state index contributed by atoms with van der Waals surface area (Å²) in [5.74, 6) is 0. The van der Waals surface area contributed by atoms with E-state index in [1.165, 1.54) is 27.7 Å². The van der Waals surface area contributed by atoms with Crippen LogP contribution in [0.15, 0.2) is 60.8 Å². The highest BCUT2D eigenvalue weighted by atomic mass is 127. The summed E-state index contributed by atoms with van der Waals surface area (Å²) in [6, 6.07) is 19.2. The molecule has 118 valence electrons. The van der Waals surface area contributed by atoms with Crippen molar-refractivity contribution < 1.29 is 28.5 Å². The Labute approximate surface area is 155 Å². The monoisotopic (exact) mass is 416 g/mol. The largest absolute Gasteiger partial charge is 1.00 e. The second-order valence-electron chi connectivity index (χ2n) is 5.72. The first-order chi connectivity index (χ1) is 10.6. The van der Waals surface area contributed by atoms with Crippen LogP contribution in [0.1, 0.15) is 11.3 Å². The zero-order valence-corrected chi connectivity index (χ0v) is 15.9. The number of aromatic nitrogens is 1. The molecule has 3 aromatic rings. The van der Waals surface area contributed by atoms with Gasteiger partial charge in [-0.25, -0.2) is 4.57 Å². The van der Waals surface area contributed by atoms with Gasteiger partial charge in [-0.05, 0) is 35.2 Å². The van der Waals surface area contributed by atoms with Gasteiger partial charge in [-0.3, -0.25) is 0 Å². The number of hydrogen-bond acceptors (Lipinski definition) is 1. The highest BCUT2D eigenvalue weighted by molar-refractivity contribution is 5.89. The maximum Gasteiger partial charge on any atom is 0.212 e. The van der Waals surface area contributed by atoms with Crippen LogP contribution < -0.4 is 33.4 Å². The third-order valence-corrected chi connectivity index (χ3v) is 3.94. The normalized spacial score (nSPS) is 10.7. The fraction of sp³-hybridized carbons (Fsp3) is 0.150. The van der Waals surface area contributed by atoms with E-state index in [4.69, 9.17) is 0 Å². The van der Waals surface area contributed by atoms with Crippen LogP contribution in [0.25, 0.3) is 22.9 Å². The Morgan fingerprint density at radius 2 is 1.57 bits per heavy atom. The van der Waals surface area contributed by atoms with Gasteiger partial charge in [0.05, 0.1) is 5.39 Å². The molecule has 0 N–H and O–H groups in total. The molecule has 0 unspecified atom stereocenters. The molecule has 3 heteroatoms. The number of aryl methyl sites for hydroxylation is 1. The number of hydrogen-bond donors (Lipinski definition) is 0. The summed E-state index contributed by atoms with van der Waals surface area (Å²) in [6.45, 7) is 0. The van der Waals surface area contributed by atoms with Crippen LogP contribution in [0, 0.1) is 0 Å². The smallest absolute Gasteiger partial charge is 0.212 e. The standard InChI is InChI=1S/C20H21N2.HI/c1-21(2)18-11-8-16(9-12-18)10-13-20-19-7-5-4-6-17(19)14-15-22(20)3;/h4-15H,1-3H3;1H/q+1;/p-1. The second kappa shape index (κ2) is 7.59. The van der Waals surface area contributed by atoms with E-state index >= 15 is 0 Å². The molecule has 0 aliphatic heterocycles. The van der Waals surface area contributed by atoms with Crippen molar-refractivity contribution in [3.63, 3.8) is 0 Å². The molecule has 0 bridgehead atoms. The lowest BCUT2D eigenvalue weighted by Crippen LogP contribution is -3.00. The minimum absolute atomic E-state index is 0. The van der Waals surface area contributed by atoms with E-state index in [9.17, 15) is 0 Å². The fourth-order valence-electron chi connectivity index (χ4n) is 2.60. The maximum atomic E-state index is 2.19. The van der Waals surface area contributed by atoms with Crippen molar-refractivity contribution >= 4 is 28.6 Å². The van der Waals surface area contributed by atoms with Crippen LogP contribution in [0.2, 0.25) is 0 Å². The van der Waals surface area contributed by atoms with Gasteiger partial charge in [0.25, 0.3) is 0 Å². The SMILES string of the molecule is CN(C)c1ccc(C=Cc2c3ccccc3cc[n+]2C)cc1.[I-]. The lowest BCUT2D eigenvalue weighted by molar-refractivity contribution is -0.671. The minimum atomic E-state index is 0. The average Bonchev–Trinajstić information content (AvgIpc) is 2.54. The molecule has 0 saturated carbocycles. The number of nitrogens with zero attached hydrogens (tertiary/aromatic N) is 2. The number of pyridine rings is 1. The first-order valence-electron chi connectivity index (χ1n) is 7.48. The third-order valence-electron chi connectivity index (χ3n) is 3.94. The molecule has 0 aliphatic rings. The molecule has 0 saturated heterocycles. The number of halogens is 1. The predicted molar refractivity (Wildman–Crippen MR) is 94.8 cm³/mol. The summed E-state index contributed by atoms with van der Waals surface area (Å²) < 4.78 is 2.16. The number of anilines is 1. The molecule has 2 aromatic carbocycles. The Morgan fingerprint density at radius 3 is 2.26 bits per heavy atom. The average molecular weight is 416 g/mol. The maximum absolute atomic E-state index is 2.19. The summed E-state index contributed by atoms with van der Waals surface area (Å²) in [4.78, 5) is 2.11. The molecule has 3 rings (SSSR count). The van der Waals surface area contributed by atoms with Crippen LogP contribution in [-0.2, 0) is 7.05 Å². The van der Waals surface area contributed by atoms with Crippen molar-refractivity contribution in [1.82, 2.24) is 0 Å². The molecule has 0 atom stereocenters. The molecule has 1 heterocycles. The van der Waals surface area contributed by atoms with Crippen molar-refractivity contribution in [3.8, 4) is 0 Å². The quantitative estimate of drug-likeness (QED) is 0.455. The van der Waals surface area contributed by atoms with Gasteiger partial charge in [-0.2, -0.15) is 0 Å². The molecular weight excluding hydrogens is 395 g/mol. The molecule has 0 amide bonds. The Hall–Kier alpha value is -1.88. The summed E-state index contributed by atoms with van der Waals surface area (Å²) in [5, 5.41) is 2.54. The predicted octanol–water partition coefficient (Wildman–Crippen LogP) is 0.905. The van der Waals surface area contributed by atoms with Crippen LogP contribution in [0.5, 0.6) is 0 Å². The van der Waals surface area contributed by atoms with E-state index < -0.39 is 0 Å². The van der Waals surface area contributed by atoms with Crippen molar-refractivity contribution in [1.29, 1.82) is 0 Å². The fourth-order valence-corrected chi connectivity index (χ4v) is 2.60. The van der Waals surface area contributed by atoms with E-state index in [1.807, 2.05) is 0 Å². The van der Waals surface area contributed by atoms with Crippen molar-refractivity contribution in [3.05, 3.63) is 72.1 Å². The summed E-state index contributed by atoms with van der Waals surface area (Å²) in [6.07, 6.45) is 6.46. The first-order valence-corrected chi connectivity index (χ1v) is 7.48. The molecule has 0 fully saturated rings. The van der Waals surface area contributed by atoms with Gasteiger partial charge in [-0.1, -0.05) is 30.3 Å². The van der Waals surface area contributed by atoms with E-state index in [0.29, 0.717) is 0 Å². The Balaban J connectivity index is 0.00000192. The molecular formula is C20H21IN2. The molecule has 0 aliphatic carbocycles. The van der Waals surface area contributed by atoms with E-state index in [0.717, 1.165) is 0 Å². The Morgan fingerprint density at radius 1 is 0.870 bits per heavy atom. The van der Waals surface area contributed by atoms with Gasteiger partial charge in [-0.15, -0.1) is 0 Å². The Kier molecular flexibility index (Phi) is 5.77. The van der Waals surface area contributed by atoms with Crippen molar-refractivity contribution in [2.24, 2.45) is 7.05 Å². The van der Waals surface area contributed by atoms with Crippen LogP contribution >= 0.6 is 0 Å². The lowest BCUT2D eigenvalue weighted by Gasteiger charge is -2.11. The van der Waals surface area contributed by atoms with Crippen molar-refractivity contribution in [2.45, 2.75) is 0 Å². The van der Waals surface area contributed by atoms with Gasteiger partial charge in [0.1, 0.15) is 7.05 Å². The van der Waals surface area contributed by atoms with Gasteiger partial charge in [0.2, 0.25) is 5.69 Å². The zero-order valence-electron chi connectivity index (χ0n) is 13.7. The molecule has 2 nitrogen and oxygen atoms in total. The van der Waals surface area contributed by atoms with Gasteiger partial charge < -0.3 is 28.9 Å². The topological polar surface area (TPSA) is 7.12 Å².